The number of pyridine rings is 1. The van der Waals surface area contributed by atoms with Crippen LogP contribution in [0.4, 0.5) is 13.2 Å². The Morgan fingerprint density at radius 2 is 1.74 bits per heavy atom. The molecule has 2 aromatic rings. The summed E-state index contributed by atoms with van der Waals surface area (Å²) in [7, 11) is -3.30. The molecule has 0 saturated heterocycles. The molecule has 1 N–H and O–H groups in total. The number of alkyl halides is 3. The van der Waals surface area contributed by atoms with Crippen LogP contribution in [0, 0.1) is 0 Å². The van der Waals surface area contributed by atoms with E-state index in [9.17, 15) is 26.7 Å². The first kappa shape index (κ1) is 19.3. The molecule has 1 aliphatic rings. The first-order valence-electron chi connectivity index (χ1n) is 7.97. The molecular formula is C19H16F3NO3S. The lowest BCUT2D eigenvalue weighted by Gasteiger charge is -2.09. The van der Waals surface area contributed by atoms with Crippen LogP contribution in [0.25, 0.3) is 5.57 Å². The van der Waals surface area contributed by atoms with E-state index in [4.69, 9.17) is 0 Å². The first-order valence-corrected chi connectivity index (χ1v) is 9.86. The molecule has 1 aliphatic carbocycles. The van der Waals surface area contributed by atoms with E-state index in [-0.39, 0.29) is 17.4 Å². The molecule has 1 aromatic carbocycles. The van der Waals surface area contributed by atoms with Crippen LogP contribution in [0.3, 0.4) is 0 Å². The number of allylic oxidation sites excluding steroid dienone is 2. The maximum absolute atomic E-state index is 12.7. The van der Waals surface area contributed by atoms with Gasteiger partial charge in [0.15, 0.2) is 9.84 Å². The zero-order valence-corrected chi connectivity index (χ0v) is 15.1. The van der Waals surface area contributed by atoms with E-state index in [2.05, 4.69) is 4.98 Å². The van der Waals surface area contributed by atoms with Gasteiger partial charge in [0, 0.05) is 23.9 Å². The molecule has 0 saturated carbocycles. The average molecular weight is 395 g/mol. The molecule has 0 aliphatic heterocycles. The second-order valence-corrected chi connectivity index (χ2v) is 8.24. The van der Waals surface area contributed by atoms with Crippen molar-refractivity contribution in [3.8, 4) is 0 Å². The normalized spacial score (nSPS) is 17.6. The molecule has 142 valence electrons. The molecule has 0 fully saturated rings. The predicted molar refractivity (Wildman–Crippen MR) is 94.7 cm³/mol. The average Bonchev–Trinajstić information content (AvgIpc) is 3.05. The fourth-order valence-corrected chi connectivity index (χ4v) is 3.54. The van der Waals surface area contributed by atoms with Gasteiger partial charge in [0.2, 0.25) is 0 Å². The Kier molecular flexibility index (Phi) is 4.96. The number of hydrogen-bond donors (Lipinski definition) is 1. The third kappa shape index (κ3) is 4.12. The van der Waals surface area contributed by atoms with Crippen molar-refractivity contribution in [2.24, 2.45) is 0 Å². The lowest BCUT2D eigenvalue weighted by atomic mass is 10.00. The van der Waals surface area contributed by atoms with Gasteiger partial charge in [-0.2, -0.15) is 13.2 Å². The summed E-state index contributed by atoms with van der Waals surface area (Å²) in [4.78, 5) is 3.66. The van der Waals surface area contributed by atoms with Crippen LogP contribution < -0.4 is 0 Å². The highest BCUT2D eigenvalue weighted by Crippen LogP contribution is 2.37. The lowest BCUT2D eigenvalue weighted by molar-refractivity contribution is -0.141. The van der Waals surface area contributed by atoms with E-state index in [1.807, 2.05) is 6.08 Å². The Hall–Kier alpha value is -2.45. The number of nitrogens with zero attached hydrogens (tertiary/aromatic N) is 1. The highest BCUT2D eigenvalue weighted by Gasteiger charge is 2.32. The zero-order chi connectivity index (χ0) is 19.8. The molecule has 3 rings (SSSR count). The molecule has 0 amide bonds. The molecule has 0 spiro atoms. The summed E-state index contributed by atoms with van der Waals surface area (Å²) in [6.45, 7) is -0.273. The third-order valence-corrected chi connectivity index (χ3v) is 5.43. The van der Waals surface area contributed by atoms with Crippen molar-refractivity contribution in [3.63, 3.8) is 0 Å². The summed E-state index contributed by atoms with van der Waals surface area (Å²) < 4.78 is 61.1. The molecule has 1 unspecified atom stereocenters. The Morgan fingerprint density at radius 1 is 1.07 bits per heavy atom. The van der Waals surface area contributed by atoms with Gasteiger partial charge in [-0.1, -0.05) is 30.4 Å². The van der Waals surface area contributed by atoms with Crippen molar-refractivity contribution in [1.29, 1.82) is 0 Å². The van der Waals surface area contributed by atoms with Crippen molar-refractivity contribution < 1.29 is 26.7 Å². The van der Waals surface area contributed by atoms with Gasteiger partial charge in [0.25, 0.3) is 0 Å². The van der Waals surface area contributed by atoms with Gasteiger partial charge >= 0.3 is 6.18 Å². The number of aliphatic hydroxyl groups is 1. The van der Waals surface area contributed by atoms with Crippen molar-refractivity contribution in [3.05, 3.63) is 77.1 Å². The fraction of sp³-hybridized carbons (Fsp3) is 0.211. The Bertz CT molecular complexity index is 1010. The van der Waals surface area contributed by atoms with Crippen molar-refractivity contribution >= 4 is 15.4 Å². The van der Waals surface area contributed by atoms with E-state index < -0.39 is 21.7 Å². The number of aromatic nitrogens is 1. The molecule has 27 heavy (non-hydrogen) atoms. The molecule has 1 heterocycles. The van der Waals surface area contributed by atoms with E-state index in [0.29, 0.717) is 16.7 Å². The lowest BCUT2D eigenvalue weighted by Crippen LogP contribution is -2.07. The highest BCUT2D eigenvalue weighted by molar-refractivity contribution is 7.90. The summed E-state index contributed by atoms with van der Waals surface area (Å²) in [5, 5.41) is 9.61. The molecule has 0 radical (unpaired) electrons. The summed E-state index contributed by atoms with van der Waals surface area (Å²) in [6, 6.07) is 8.58. The summed E-state index contributed by atoms with van der Waals surface area (Å²) in [5.74, 6) is -0.224. The Morgan fingerprint density at radius 3 is 2.22 bits per heavy atom. The number of benzene rings is 1. The summed E-state index contributed by atoms with van der Waals surface area (Å²) >= 11 is 0. The van der Waals surface area contributed by atoms with Gasteiger partial charge in [-0.15, -0.1) is 0 Å². The minimum atomic E-state index is -4.51. The van der Waals surface area contributed by atoms with Gasteiger partial charge in [-0.05, 0) is 34.9 Å². The minimum absolute atomic E-state index is 0.201. The summed E-state index contributed by atoms with van der Waals surface area (Å²) in [6.07, 6.45) is 1.35. The van der Waals surface area contributed by atoms with E-state index in [0.717, 1.165) is 24.1 Å². The van der Waals surface area contributed by atoms with E-state index in [1.165, 1.54) is 18.2 Å². The van der Waals surface area contributed by atoms with Crippen LogP contribution in [0.2, 0.25) is 0 Å². The van der Waals surface area contributed by atoms with Crippen molar-refractivity contribution in [2.75, 3.05) is 12.9 Å². The standard InChI is InChI=1S/C19H16F3NO3S/c1-27(25,26)16-5-2-12(3-6-16)14-8-15(11-24)17(9-14)13-4-7-18(23-10-13)19(20,21)22/h2-10,14,24H,11H2,1H3. The second kappa shape index (κ2) is 6.94. The van der Waals surface area contributed by atoms with Gasteiger partial charge in [-0.25, -0.2) is 8.42 Å². The first-order chi connectivity index (χ1) is 12.6. The maximum atomic E-state index is 12.7. The summed E-state index contributed by atoms with van der Waals surface area (Å²) in [5.41, 5.74) is 1.48. The van der Waals surface area contributed by atoms with Crippen LogP contribution >= 0.6 is 0 Å². The van der Waals surface area contributed by atoms with Gasteiger partial charge < -0.3 is 5.11 Å². The molecule has 4 nitrogen and oxygen atoms in total. The molecule has 1 atom stereocenters. The number of sulfone groups is 1. The minimum Gasteiger partial charge on any atom is -0.392 e. The van der Waals surface area contributed by atoms with Crippen molar-refractivity contribution in [1.82, 2.24) is 4.98 Å². The van der Waals surface area contributed by atoms with Crippen LogP contribution in [-0.4, -0.2) is 31.4 Å². The highest BCUT2D eigenvalue weighted by atomic mass is 32.2. The Labute approximate surface area is 154 Å². The second-order valence-electron chi connectivity index (χ2n) is 6.23. The SMILES string of the molecule is CS(=O)(=O)c1ccc(C2C=C(CO)C(c3ccc(C(F)(F)F)nc3)=C2)cc1. The maximum Gasteiger partial charge on any atom is 0.433 e. The van der Waals surface area contributed by atoms with Gasteiger partial charge in [0.05, 0.1) is 11.5 Å². The van der Waals surface area contributed by atoms with Crippen molar-refractivity contribution in [2.45, 2.75) is 17.0 Å². The number of halogens is 3. The molecular weight excluding hydrogens is 379 g/mol. The Balaban J connectivity index is 1.92. The third-order valence-electron chi connectivity index (χ3n) is 4.30. The molecule has 1 aromatic heterocycles. The van der Waals surface area contributed by atoms with Crippen LogP contribution in [0.15, 0.2) is 65.2 Å². The quantitative estimate of drug-likeness (QED) is 0.859. The van der Waals surface area contributed by atoms with Crippen LogP contribution in [-0.2, 0) is 16.0 Å². The molecule has 0 bridgehead atoms. The largest absolute Gasteiger partial charge is 0.433 e. The van der Waals surface area contributed by atoms with E-state index in [1.54, 1.807) is 18.2 Å². The van der Waals surface area contributed by atoms with Gasteiger partial charge in [-0.3, -0.25) is 4.98 Å². The van der Waals surface area contributed by atoms with Crippen LogP contribution in [0.5, 0.6) is 0 Å². The zero-order valence-electron chi connectivity index (χ0n) is 14.2. The van der Waals surface area contributed by atoms with Gasteiger partial charge in [0.1, 0.15) is 5.69 Å². The number of aliphatic hydroxyl groups excluding tert-OH is 1. The topological polar surface area (TPSA) is 67.3 Å². The monoisotopic (exact) mass is 395 g/mol. The number of rotatable bonds is 4. The number of hydrogen-bond acceptors (Lipinski definition) is 4. The smallest absolute Gasteiger partial charge is 0.392 e. The fourth-order valence-electron chi connectivity index (χ4n) is 2.91. The van der Waals surface area contributed by atoms with E-state index >= 15 is 0 Å². The molecule has 8 heteroatoms. The predicted octanol–water partition coefficient (Wildman–Crippen LogP) is 3.60. The van der Waals surface area contributed by atoms with Crippen LogP contribution in [0.1, 0.15) is 22.7 Å².